The molecule has 3 nitrogen and oxygen atoms in total. The first-order valence-corrected chi connectivity index (χ1v) is 7.01. The predicted octanol–water partition coefficient (Wildman–Crippen LogP) is 2.97. The molecule has 0 aliphatic carbocycles. The SMILES string of the molecule is CCCCCN[C@@H]([C]=O)Cc1c[nH]c2ccccc12. The van der Waals surface area contributed by atoms with Crippen LogP contribution in [0.4, 0.5) is 0 Å². The van der Waals surface area contributed by atoms with Gasteiger partial charge in [-0.3, -0.25) is 4.79 Å². The van der Waals surface area contributed by atoms with Gasteiger partial charge in [-0.05, 0) is 31.0 Å². The fourth-order valence-electron chi connectivity index (χ4n) is 2.33. The number of para-hydroxylation sites is 1. The van der Waals surface area contributed by atoms with Crippen LogP contribution in [0.15, 0.2) is 30.5 Å². The van der Waals surface area contributed by atoms with E-state index in [0.717, 1.165) is 18.5 Å². The third-order valence-electron chi connectivity index (χ3n) is 3.41. The van der Waals surface area contributed by atoms with Gasteiger partial charge >= 0.3 is 0 Å². The number of aromatic amines is 1. The molecule has 19 heavy (non-hydrogen) atoms. The van der Waals surface area contributed by atoms with Gasteiger partial charge in [0.25, 0.3) is 0 Å². The van der Waals surface area contributed by atoms with Crippen LogP contribution in [0, 0.1) is 0 Å². The number of nitrogens with one attached hydrogen (secondary N) is 2. The Morgan fingerprint density at radius 1 is 1.32 bits per heavy atom. The van der Waals surface area contributed by atoms with Crippen molar-refractivity contribution < 1.29 is 4.79 Å². The summed E-state index contributed by atoms with van der Waals surface area (Å²) in [5, 5.41) is 4.46. The van der Waals surface area contributed by atoms with Crippen molar-refractivity contribution in [1.29, 1.82) is 0 Å². The summed E-state index contributed by atoms with van der Waals surface area (Å²) in [5.41, 5.74) is 2.29. The minimum atomic E-state index is -0.212. The summed E-state index contributed by atoms with van der Waals surface area (Å²) in [6.45, 7) is 3.06. The van der Waals surface area contributed by atoms with Gasteiger partial charge in [-0.25, -0.2) is 0 Å². The van der Waals surface area contributed by atoms with Gasteiger partial charge in [-0.2, -0.15) is 0 Å². The van der Waals surface area contributed by atoms with Crippen molar-refractivity contribution in [2.45, 2.75) is 38.6 Å². The summed E-state index contributed by atoms with van der Waals surface area (Å²) in [6, 6.07) is 7.95. The van der Waals surface area contributed by atoms with Gasteiger partial charge in [-0.1, -0.05) is 38.0 Å². The van der Waals surface area contributed by atoms with Crippen LogP contribution in [-0.2, 0) is 11.2 Å². The number of fused-ring (bicyclic) bond motifs is 1. The zero-order chi connectivity index (χ0) is 13.5. The average Bonchev–Trinajstić information content (AvgIpc) is 2.85. The molecule has 1 heterocycles. The molecule has 1 radical (unpaired) electrons. The molecule has 1 aromatic heterocycles. The molecule has 1 aromatic carbocycles. The summed E-state index contributed by atoms with van der Waals surface area (Å²) < 4.78 is 0. The highest BCUT2D eigenvalue weighted by atomic mass is 16.1. The summed E-state index contributed by atoms with van der Waals surface area (Å²) in [7, 11) is 0. The second-order valence-electron chi connectivity index (χ2n) is 4.90. The number of rotatable bonds is 8. The van der Waals surface area contributed by atoms with Crippen LogP contribution >= 0.6 is 0 Å². The fourth-order valence-corrected chi connectivity index (χ4v) is 2.33. The molecule has 0 aliphatic rings. The molecule has 0 spiro atoms. The van der Waals surface area contributed by atoms with Gasteiger partial charge in [0.05, 0.1) is 6.04 Å². The number of hydrogen-bond donors (Lipinski definition) is 2. The van der Waals surface area contributed by atoms with Crippen molar-refractivity contribution in [1.82, 2.24) is 10.3 Å². The normalized spacial score (nSPS) is 12.7. The van der Waals surface area contributed by atoms with Crippen LogP contribution in [0.3, 0.4) is 0 Å². The Morgan fingerprint density at radius 2 is 2.16 bits per heavy atom. The third kappa shape index (κ3) is 3.67. The lowest BCUT2D eigenvalue weighted by molar-refractivity contribution is 0.505. The van der Waals surface area contributed by atoms with E-state index in [1.807, 2.05) is 24.4 Å². The molecule has 0 bridgehead atoms. The van der Waals surface area contributed by atoms with E-state index < -0.39 is 0 Å². The Hall–Kier alpha value is -1.61. The summed E-state index contributed by atoms with van der Waals surface area (Å²) >= 11 is 0. The van der Waals surface area contributed by atoms with E-state index in [4.69, 9.17) is 0 Å². The Morgan fingerprint density at radius 3 is 2.95 bits per heavy atom. The Labute approximate surface area is 114 Å². The van der Waals surface area contributed by atoms with Crippen molar-refractivity contribution in [2.75, 3.05) is 6.54 Å². The average molecular weight is 257 g/mol. The van der Waals surface area contributed by atoms with Crippen molar-refractivity contribution in [2.24, 2.45) is 0 Å². The number of carbonyl (C=O) groups excluding carboxylic acids is 1. The van der Waals surface area contributed by atoms with Crippen molar-refractivity contribution in [3.05, 3.63) is 36.0 Å². The second kappa shape index (κ2) is 7.10. The number of aromatic nitrogens is 1. The first-order valence-electron chi connectivity index (χ1n) is 7.01. The standard InChI is InChI=1S/C16H21N2O/c1-2-3-6-9-17-14(12-19)10-13-11-18-16-8-5-4-7-15(13)16/h4-5,7-8,11,14,17-18H,2-3,6,9-10H2,1H3/t14-/m1/s1. The predicted molar refractivity (Wildman–Crippen MR) is 79.0 cm³/mol. The molecule has 0 saturated carbocycles. The topological polar surface area (TPSA) is 44.9 Å². The molecule has 0 saturated heterocycles. The zero-order valence-electron chi connectivity index (χ0n) is 11.4. The van der Waals surface area contributed by atoms with E-state index in [-0.39, 0.29) is 6.04 Å². The summed E-state index contributed by atoms with van der Waals surface area (Å²) in [6.07, 6.45) is 8.30. The molecule has 2 aromatic rings. The van der Waals surface area contributed by atoms with Gasteiger partial charge < -0.3 is 10.3 Å². The third-order valence-corrected chi connectivity index (χ3v) is 3.41. The first kappa shape index (κ1) is 13.8. The lowest BCUT2D eigenvalue weighted by atomic mass is 10.1. The molecule has 0 amide bonds. The van der Waals surface area contributed by atoms with E-state index >= 15 is 0 Å². The van der Waals surface area contributed by atoms with E-state index in [1.165, 1.54) is 23.8 Å². The van der Waals surface area contributed by atoms with Crippen LogP contribution in [0.1, 0.15) is 31.7 Å². The van der Waals surface area contributed by atoms with Crippen LogP contribution in [0.2, 0.25) is 0 Å². The molecule has 3 heteroatoms. The van der Waals surface area contributed by atoms with Gasteiger partial charge in [0.15, 0.2) is 0 Å². The maximum atomic E-state index is 11.0. The smallest absolute Gasteiger partial charge is 0.217 e. The lowest BCUT2D eigenvalue weighted by Crippen LogP contribution is -2.33. The highest BCUT2D eigenvalue weighted by Crippen LogP contribution is 2.18. The number of benzene rings is 1. The van der Waals surface area contributed by atoms with E-state index in [0.29, 0.717) is 6.42 Å². The minimum absolute atomic E-state index is 0.212. The van der Waals surface area contributed by atoms with Crippen LogP contribution in [0.25, 0.3) is 10.9 Å². The second-order valence-corrected chi connectivity index (χ2v) is 4.90. The maximum Gasteiger partial charge on any atom is 0.217 e. The molecule has 2 rings (SSSR count). The zero-order valence-corrected chi connectivity index (χ0v) is 11.4. The molecule has 2 N–H and O–H groups in total. The van der Waals surface area contributed by atoms with Gasteiger partial charge in [0.2, 0.25) is 6.29 Å². The molecular formula is C16H21N2O. The van der Waals surface area contributed by atoms with Crippen molar-refractivity contribution in [3.63, 3.8) is 0 Å². The number of unbranched alkanes of at least 4 members (excludes halogenated alkanes) is 2. The largest absolute Gasteiger partial charge is 0.361 e. The maximum absolute atomic E-state index is 11.0. The lowest BCUT2D eigenvalue weighted by Gasteiger charge is -2.11. The molecule has 0 aliphatic heterocycles. The highest BCUT2D eigenvalue weighted by Gasteiger charge is 2.11. The molecule has 101 valence electrons. The number of hydrogen-bond acceptors (Lipinski definition) is 2. The fraction of sp³-hybridized carbons (Fsp3) is 0.438. The number of H-pyrrole nitrogens is 1. The summed E-state index contributed by atoms with van der Waals surface area (Å²) in [4.78, 5) is 14.3. The summed E-state index contributed by atoms with van der Waals surface area (Å²) in [5.74, 6) is 0. The van der Waals surface area contributed by atoms with Gasteiger partial charge in [0, 0.05) is 17.1 Å². The van der Waals surface area contributed by atoms with Gasteiger partial charge in [0.1, 0.15) is 0 Å². The Balaban J connectivity index is 1.96. The molecule has 1 atom stereocenters. The minimum Gasteiger partial charge on any atom is -0.361 e. The molecular weight excluding hydrogens is 236 g/mol. The molecule has 0 fully saturated rings. The van der Waals surface area contributed by atoms with Crippen molar-refractivity contribution in [3.8, 4) is 0 Å². The Bertz CT molecular complexity index is 518. The molecule has 0 unspecified atom stereocenters. The monoisotopic (exact) mass is 257 g/mol. The first-order chi connectivity index (χ1) is 9.35. The van der Waals surface area contributed by atoms with E-state index in [1.54, 1.807) is 0 Å². The van der Waals surface area contributed by atoms with E-state index in [2.05, 4.69) is 29.6 Å². The van der Waals surface area contributed by atoms with E-state index in [9.17, 15) is 4.79 Å². The van der Waals surface area contributed by atoms with Gasteiger partial charge in [-0.15, -0.1) is 0 Å². The van der Waals surface area contributed by atoms with Crippen LogP contribution in [-0.4, -0.2) is 23.9 Å². The van der Waals surface area contributed by atoms with Crippen molar-refractivity contribution >= 4 is 17.2 Å². The highest BCUT2D eigenvalue weighted by molar-refractivity contribution is 5.83. The van der Waals surface area contributed by atoms with Crippen LogP contribution in [0.5, 0.6) is 0 Å². The van der Waals surface area contributed by atoms with Crippen LogP contribution < -0.4 is 5.32 Å². The quantitative estimate of drug-likeness (QED) is 0.714. The Kier molecular flexibility index (Phi) is 5.16.